The first kappa shape index (κ1) is 28.8. The summed E-state index contributed by atoms with van der Waals surface area (Å²) in [5.41, 5.74) is 3.57. The molecule has 1 aliphatic carbocycles. The third-order valence-corrected chi connectivity index (χ3v) is 8.18. The molecule has 4 aromatic rings. The van der Waals surface area contributed by atoms with Crippen LogP contribution in [0.2, 0.25) is 0 Å². The van der Waals surface area contributed by atoms with Gasteiger partial charge < -0.3 is 19.1 Å². The lowest BCUT2D eigenvalue weighted by atomic mass is 9.80. The number of carbonyl (C=O) groups is 1. The number of methoxy groups -OCH3 is 1. The molecule has 2 aliphatic rings. The van der Waals surface area contributed by atoms with Crippen LogP contribution in [0.25, 0.3) is 22.5 Å². The Bertz CT molecular complexity index is 1680. The fraction of sp³-hybridized carbons (Fsp3) is 0.375. The number of fused-ring (bicyclic) bond motifs is 1. The second kappa shape index (κ2) is 11.4. The number of amides is 1. The molecule has 3 heterocycles. The molecule has 0 spiro atoms. The zero-order valence-electron chi connectivity index (χ0n) is 24.8. The van der Waals surface area contributed by atoms with E-state index in [1.54, 1.807) is 48.2 Å². The molecule has 0 radical (unpaired) electrons. The predicted octanol–water partition coefficient (Wildman–Crippen LogP) is 4.60. The summed E-state index contributed by atoms with van der Waals surface area (Å²) >= 11 is 0. The fourth-order valence-electron chi connectivity index (χ4n) is 5.99. The Morgan fingerprint density at radius 1 is 1.12 bits per heavy atom. The van der Waals surface area contributed by atoms with Crippen LogP contribution >= 0.6 is 0 Å². The maximum absolute atomic E-state index is 14.4. The number of aryl methyl sites for hydroxylation is 1. The highest BCUT2D eigenvalue weighted by molar-refractivity contribution is 6.10. The second-order valence-electron chi connectivity index (χ2n) is 11.4. The summed E-state index contributed by atoms with van der Waals surface area (Å²) in [6.07, 6.45) is 4.23. The number of ether oxygens (including phenoxy) is 2. The normalized spacial score (nSPS) is 15.5. The van der Waals surface area contributed by atoms with Gasteiger partial charge in [0.25, 0.3) is 5.91 Å². The van der Waals surface area contributed by atoms with Crippen molar-refractivity contribution in [2.75, 3.05) is 32.2 Å². The number of rotatable bonds is 10. The van der Waals surface area contributed by atoms with E-state index in [2.05, 4.69) is 20.1 Å². The Morgan fingerprint density at radius 2 is 1.93 bits per heavy atom. The Morgan fingerprint density at radius 3 is 2.60 bits per heavy atom. The van der Waals surface area contributed by atoms with Crippen molar-refractivity contribution < 1.29 is 23.8 Å². The van der Waals surface area contributed by atoms with E-state index in [9.17, 15) is 14.3 Å². The first-order valence-electron chi connectivity index (χ1n) is 14.4. The molecular formula is C32H35FN6O4. The molecule has 1 aliphatic heterocycles. The summed E-state index contributed by atoms with van der Waals surface area (Å²) < 4.78 is 27.7. The molecule has 2 aromatic heterocycles. The summed E-state index contributed by atoms with van der Waals surface area (Å²) in [6.45, 7) is 3.65. The van der Waals surface area contributed by atoms with Crippen molar-refractivity contribution in [3.63, 3.8) is 0 Å². The number of aliphatic hydroxyl groups is 1. The Balaban J connectivity index is 1.36. The minimum Gasteiger partial charge on any atom is -0.496 e. The summed E-state index contributed by atoms with van der Waals surface area (Å²) in [7, 11) is 5.36. The van der Waals surface area contributed by atoms with Gasteiger partial charge in [0, 0.05) is 42.9 Å². The van der Waals surface area contributed by atoms with Gasteiger partial charge in [0.1, 0.15) is 23.7 Å². The minimum atomic E-state index is -0.631. The van der Waals surface area contributed by atoms with Crippen LogP contribution < -0.4 is 14.4 Å². The molecule has 1 fully saturated rings. The zero-order valence-corrected chi connectivity index (χ0v) is 24.8. The van der Waals surface area contributed by atoms with Gasteiger partial charge in [0.15, 0.2) is 5.82 Å². The summed E-state index contributed by atoms with van der Waals surface area (Å²) in [4.78, 5) is 22.3. The van der Waals surface area contributed by atoms with Gasteiger partial charge in [0.05, 0.1) is 25.9 Å². The van der Waals surface area contributed by atoms with Gasteiger partial charge in [-0.1, -0.05) is 6.07 Å². The van der Waals surface area contributed by atoms with Crippen molar-refractivity contribution in [1.29, 1.82) is 0 Å². The minimum absolute atomic E-state index is 0.199. The highest BCUT2D eigenvalue weighted by atomic mass is 19.1. The van der Waals surface area contributed by atoms with Gasteiger partial charge in [-0.25, -0.2) is 4.39 Å². The monoisotopic (exact) mass is 586 g/mol. The highest BCUT2D eigenvalue weighted by Gasteiger charge is 2.36. The van der Waals surface area contributed by atoms with Gasteiger partial charge in [-0.3, -0.25) is 14.6 Å². The Hall–Kier alpha value is -4.35. The summed E-state index contributed by atoms with van der Waals surface area (Å²) in [5, 5.41) is 18.8. The van der Waals surface area contributed by atoms with E-state index in [0.717, 1.165) is 30.4 Å². The maximum Gasteiger partial charge on any atom is 0.260 e. The first-order chi connectivity index (χ1) is 20.7. The van der Waals surface area contributed by atoms with Crippen molar-refractivity contribution in [1.82, 2.24) is 24.6 Å². The zero-order chi connectivity index (χ0) is 30.3. The fourth-order valence-corrected chi connectivity index (χ4v) is 5.99. The molecule has 0 bridgehead atoms. The number of pyridine rings is 1. The largest absolute Gasteiger partial charge is 0.496 e. The van der Waals surface area contributed by atoms with Crippen molar-refractivity contribution in [3.8, 4) is 34.1 Å². The first-order valence-corrected chi connectivity index (χ1v) is 14.4. The molecule has 224 valence electrons. The Labute approximate surface area is 249 Å². The molecule has 10 nitrogen and oxygen atoms in total. The second-order valence-corrected chi connectivity index (χ2v) is 11.4. The van der Waals surface area contributed by atoms with E-state index >= 15 is 0 Å². The number of hydrogen-bond acceptors (Lipinski definition) is 8. The van der Waals surface area contributed by atoms with E-state index in [0.29, 0.717) is 65.2 Å². The predicted molar refractivity (Wildman–Crippen MR) is 159 cm³/mol. The average Bonchev–Trinajstić information content (AvgIpc) is 3.54. The summed E-state index contributed by atoms with van der Waals surface area (Å²) in [5.74, 6) is 1.28. The van der Waals surface area contributed by atoms with Crippen LogP contribution in [0.1, 0.15) is 47.7 Å². The van der Waals surface area contributed by atoms with Crippen molar-refractivity contribution >= 4 is 11.7 Å². The maximum atomic E-state index is 14.4. The molecule has 1 N–H and O–H groups in total. The number of carbonyl (C=O) groups excluding carboxylic acids is 1. The molecule has 0 atom stereocenters. The number of halogens is 1. The van der Waals surface area contributed by atoms with E-state index < -0.39 is 11.4 Å². The van der Waals surface area contributed by atoms with Gasteiger partial charge in [0.2, 0.25) is 5.88 Å². The average molecular weight is 587 g/mol. The lowest BCUT2D eigenvalue weighted by Gasteiger charge is -2.39. The Kier molecular flexibility index (Phi) is 7.61. The van der Waals surface area contributed by atoms with E-state index in [1.807, 2.05) is 26.1 Å². The number of anilines is 1. The van der Waals surface area contributed by atoms with Crippen molar-refractivity contribution in [3.05, 3.63) is 71.3 Å². The highest BCUT2D eigenvalue weighted by Crippen LogP contribution is 2.39. The van der Waals surface area contributed by atoms with Crippen LogP contribution in [0.15, 0.2) is 48.8 Å². The number of hydrogen-bond donors (Lipinski definition) is 1. The van der Waals surface area contributed by atoms with Crippen LogP contribution in [0.3, 0.4) is 0 Å². The quantitative estimate of drug-likeness (QED) is 0.288. The molecule has 0 unspecified atom stereocenters. The van der Waals surface area contributed by atoms with Crippen LogP contribution in [-0.2, 0) is 20.1 Å². The lowest BCUT2D eigenvalue weighted by Crippen LogP contribution is -2.46. The molecule has 1 amide bonds. The molecule has 11 heteroatoms. The van der Waals surface area contributed by atoms with Gasteiger partial charge in [-0.05, 0) is 80.3 Å². The van der Waals surface area contributed by atoms with Crippen molar-refractivity contribution in [2.24, 2.45) is 7.05 Å². The molecular weight excluding hydrogens is 551 g/mol. The van der Waals surface area contributed by atoms with Gasteiger partial charge in [-0.15, -0.1) is 10.2 Å². The summed E-state index contributed by atoms with van der Waals surface area (Å²) in [6, 6.07) is 11.9. The van der Waals surface area contributed by atoms with E-state index in [4.69, 9.17) is 9.47 Å². The molecule has 1 saturated carbocycles. The van der Waals surface area contributed by atoms with Gasteiger partial charge >= 0.3 is 0 Å². The number of aromatic nitrogens is 4. The third-order valence-electron chi connectivity index (χ3n) is 8.18. The lowest BCUT2D eigenvalue weighted by molar-refractivity contribution is -0.0556. The molecule has 0 saturated heterocycles. The molecule has 43 heavy (non-hydrogen) atoms. The molecule has 6 rings (SSSR count). The van der Waals surface area contributed by atoms with Crippen molar-refractivity contribution in [2.45, 2.75) is 44.9 Å². The smallest absolute Gasteiger partial charge is 0.260 e. The van der Waals surface area contributed by atoms with Gasteiger partial charge in [-0.2, -0.15) is 4.98 Å². The van der Waals surface area contributed by atoms with E-state index in [1.165, 1.54) is 12.1 Å². The van der Waals surface area contributed by atoms with Crippen LogP contribution in [-0.4, -0.2) is 68.6 Å². The SMILES string of the molecule is CCOc1cc(-c2ccc(F)cc2-c2nncn2C)cc(N2Cc3c(OC)cc(CN(C)CC4(O)CCC4)cc3C2=O)n1. The number of likely N-dealkylation sites (N-methyl/N-ethyl adjacent to an activating group) is 1. The molecule has 2 aromatic carbocycles. The van der Waals surface area contributed by atoms with Crippen LogP contribution in [0.4, 0.5) is 10.2 Å². The standard InChI is InChI=1S/C32H35FN6O4/c1-5-43-29-14-21(23-8-7-22(33)15-24(23)30-36-34-19-38(30)3)13-28(35-29)39-17-26-25(31(39)40)11-20(12-27(26)42-4)16-37(2)18-32(41)9-6-10-32/h7-8,11-15,19,41H,5-6,9-10,16-18H2,1-4H3. The van der Waals surface area contributed by atoms with E-state index in [-0.39, 0.29) is 12.5 Å². The number of nitrogens with zero attached hydrogens (tertiary/aromatic N) is 6. The topological polar surface area (TPSA) is 106 Å². The van der Waals surface area contributed by atoms with Crippen LogP contribution in [0, 0.1) is 5.82 Å². The number of benzene rings is 2. The van der Waals surface area contributed by atoms with Crippen LogP contribution in [0.5, 0.6) is 11.6 Å². The third kappa shape index (κ3) is 5.57.